The summed E-state index contributed by atoms with van der Waals surface area (Å²) < 4.78 is 5.69. The van der Waals surface area contributed by atoms with Crippen LogP contribution in [0.5, 0.6) is 0 Å². The number of carbonyl (C=O) groups excluding carboxylic acids is 1. The highest BCUT2D eigenvalue weighted by atomic mass is 16.5. The Balaban J connectivity index is 1.50. The van der Waals surface area contributed by atoms with Crippen LogP contribution in [0, 0.1) is 0 Å². The molecule has 1 fully saturated rings. The third-order valence-electron chi connectivity index (χ3n) is 4.01. The van der Waals surface area contributed by atoms with Gasteiger partial charge in [-0.1, -0.05) is 12.1 Å². The zero-order chi connectivity index (χ0) is 16.9. The van der Waals surface area contributed by atoms with Gasteiger partial charge in [-0.3, -0.25) is 4.79 Å². The number of aromatic nitrogens is 4. The van der Waals surface area contributed by atoms with E-state index in [-0.39, 0.29) is 12.0 Å². The highest BCUT2D eigenvalue weighted by Crippen LogP contribution is 2.14. The maximum absolute atomic E-state index is 12.2. The molecule has 3 rings (SSSR count). The molecule has 2 aromatic rings. The van der Waals surface area contributed by atoms with E-state index in [1.54, 1.807) is 19.2 Å². The van der Waals surface area contributed by atoms with Crippen LogP contribution >= 0.6 is 0 Å². The number of hydrogen-bond acceptors (Lipinski definition) is 6. The fraction of sp³-hybridized carbons (Fsp3) is 0.500. The van der Waals surface area contributed by atoms with E-state index in [1.165, 1.54) is 4.80 Å². The number of morpholine rings is 1. The van der Waals surface area contributed by atoms with Crippen LogP contribution in [-0.2, 0) is 11.8 Å². The number of tetrazole rings is 1. The number of aryl methyl sites for hydroxylation is 1. The Bertz CT molecular complexity index is 684. The Morgan fingerprint density at radius 3 is 2.79 bits per heavy atom. The summed E-state index contributed by atoms with van der Waals surface area (Å²) in [5.41, 5.74) is 1.45. The van der Waals surface area contributed by atoms with E-state index < -0.39 is 0 Å². The number of nitrogens with one attached hydrogen (secondary N) is 1. The second-order valence-corrected chi connectivity index (χ2v) is 5.98. The SMILES string of the molecule is CN1CCOC(CCNC(=O)c2ccc(-c3nnn(C)n3)cc2)C1. The van der Waals surface area contributed by atoms with Gasteiger partial charge in [0.25, 0.3) is 5.91 Å². The number of benzene rings is 1. The molecule has 1 aromatic carbocycles. The van der Waals surface area contributed by atoms with Gasteiger partial charge in [0.15, 0.2) is 0 Å². The lowest BCUT2D eigenvalue weighted by atomic mass is 10.1. The van der Waals surface area contributed by atoms with Gasteiger partial charge in [-0.05, 0) is 30.8 Å². The van der Waals surface area contributed by atoms with Crippen LogP contribution < -0.4 is 5.32 Å². The molecule has 128 valence electrons. The first-order chi connectivity index (χ1) is 11.6. The van der Waals surface area contributed by atoms with Crippen molar-refractivity contribution in [1.82, 2.24) is 30.4 Å². The molecular formula is C16H22N6O2. The van der Waals surface area contributed by atoms with Gasteiger partial charge in [-0.25, -0.2) is 0 Å². The first-order valence-electron chi connectivity index (χ1n) is 8.04. The molecular weight excluding hydrogens is 308 g/mol. The molecule has 0 spiro atoms. The molecule has 1 aliphatic heterocycles. The normalized spacial score (nSPS) is 18.5. The quantitative estimate of drug-likeness (QED) is 0.850. The Hall–Kier alpha value is -2.32. The molecule has 1 aromatic heterocycles. The first-order valence-corrected chi connectivity index (χ1v) is 8.04. The van der Waals surface area contributed by atoms with E-state index in [2.05, 4.69) is 32.7 Å². The van der Waals surface area contributed by atoms with E-state index >= 15 is 0 Å². The molecule has 24 heavy (non-hydrogen) atoms. The minimum absolute atomic E-state index is 0.0854. The summed E-state index contributed by atoms with van der Waals surface area (Å²) in [7, 11) is 3.80. The van der Waals surface area contributed by atoms with Gasteiger partial charge in [0.05, 0.1) is 19.8 Å². The molecule has 0 radical (unpaired) electrons. The summed E-state index contributed by atoms with van der Waals surface area (Å²) in [6, 6.07) is 7.19. The molecule has 1 amide bonds. The molecule has 0 aliphatic carbocycles. The minimum Gasteiger partial charge on any atom is -0.375 e. The molecule has 1 aliphatic rings. The van der Waals surface area contributed by atoms with Gasteiger partial charge in [-0.15, -0.1) is 10.2 Å². The Morgan fingerprint density at radius 2 is 2.12 bits per heavy atom. The number of rotatable bonds is 5. The molecule has 8 heteroatoms. The molecule has 0 bridgehead atoms. The maximum atomic E-state index is 12.2. The van der Waals surface area contributed by atoms with Crippen molar-refractivity contribution >= 4 is 5.91 Å². The molecule has 1 unspecified atom stereocenters. The fourth-order valence-corrected chi connectivity index (χ4v) is 2.66. The summed E-state index contributed by atoms with van der Waals surface area (Å²) in [5.74, 6) is 0.459. The van der Waals surface area contributed by atoms with Crippen LogP contribution in [0.1, 0.15) is 16.8 Å². The Morgan fingerprint density at radius 1 is 1.33 bits per heavy atom. The smallest absolute Gasteiger partial charge is 0.251 e. The number of nitrogens with zero attached hydrogens (tertiary/aromatic N) is 5. The summed E-state index contributed by atoms with van der Waals surface area (Å²) in [6.45, 7) is 3.24. The molecule has 1 N–H and O–H groups in total. The van der Waals surface area contributed by atoms with Crippen LogP contribution in [0.4, 0.5) is 0 Å². The predicted molar refractivity (Wildman–Crippen MR) is 88.4 cm³/mol. The number of likely N-dealkylation sites (N-methyl/N-ethyl adjacent to an activating group) is 1. The monoisotopic (exact) mass is 330 g/mol. The van der Waals surface area contributed by atoms with E-state index in [0.717, 1.165) is 31.7 Å². The van der Waals surface area contributed by atoms with Crippen molar-refractivity contribution in [3.63, 3.8) is 0 Å². The van der Waals surface area contributed by atoms with Crippen molar-refractivity contribution in [2.45, 2.75) is 12.5 Å². The molecule has 1 atom stereocenters. The third-order valence-corrected chi connectivity index (χ3v) is 4.01. The molecule has 0 saturated carbocycles. The highest BCUT2D eigenvalue weighted by molar-refractivity contribution is 5.94. The fourth-order valence-electron chi connectivity index (χ4n) is 2.66. The van der Waals surface area contributed by atoms with Crippen molar-refractivity contribution in [2.75, 3.05) is 33.3 Å². The summed E-state index contributed by atoms with van der Waals surface area (Å²) in [4.78, 5) is 15.8. The van der Waals surface area contributed by atoms with Gasteiger partial charge in [-0.2, -0.15) is 4.80 Å². The number of ether oxygens (including phenoxy) is 1. The molecule has 2 heterocycles. The van der Waals surface area contributed by atoms with Gasteiger partial charge in [0.2, 0.25) is 5.82 Å². The topological polar surface area (TPSA) is 85.2 Å². The average Bonchev–Trinajstić information content (AvgIpc) is 3.01. The van der Waals surface area contributed by atoms with Crippen molar-refractivity contribution in [3.8, 4) is 11.4 Å². The molecule has 1 saturated heterocycles. The van der Waals surface area contributed by atoms with E-state index in [9.17, 15) is 4.79 Å². The van der Waals surface area contributed by atoms with E-state index in [4.69, 9.17) is 4.74 Å². The predicted octanol–water partition coefficient (Wildman–Crippen LogP) is 0.328. The zero-order valence-corrected chi connectivity index (χ0v) is 14.0. The second kappa shape index (κ2) is 7.50. The van der Waals surface area contributed by atoms with Crippen molar-refractivity contribution in [3.05, 3.63) is 29.8 Å². The van der Waals surface area contributed by atoms with Crippen LogP contribution in [0.15, 0.2) is 24.3 Å². The summed E-state index contributed by atoms with van der Waals surface area (Å²) in [5, 5.41) is 14.8. The lowest BCUT2D eigenvalue weighted by Gasteiger charge is -2.30. The number of carbonyl (C=O) groups is 1. The van der Waals surface area contributed by atoms with Crippen LogP contribution in [-0.4, -0.2) is 70.4 Å². The number of amides is 1. The first kappa shape index (κ1) is 16.5. The van der Waals surface area contributed by atoms with Gasteiger partial charge in [0, 0.05) is 30.8 Å². The maximum Gasteiger partial charge on any atom is 0.251 e. The molecule has 8 nitrogen and oxygen atoms in total. The number of hydrogen-bond donors (Lipinski definition) is 1. The summed E-state index contributed by atoms with van der Waals surface area (Å²) >= 11 is 0. The zero-order valence-electron chi connectivity index (χ0n) is 14.0. The summed E-state index contributed by atoms with van der Waals surface area (Å²) in [6.07, 6.45) is 1.01. The van der Waals surface area contributed by atoms with Crippen molar-refractivity contribution in [1.29, 1.82) is 0 Å². The highest BCUT2D eigenvalue weighted by Gasteiger charge is 2.17. The average molecular weight is 330 g/mol. The Labute approximate surface area is 140 Å². The van der Waals surface area contributed by atoms with Crippen LogP contribution in [0.2, 0.25) is 0 Å². The van der Waals surface area contributed by atoms with Gasteiger partial charge < -0.3 is 15.0 Å². The van der Waals surface area contributed by atoms with Crippen LogP contribution in [0.25, 0.3) is 11.4 Å². The second-order valence-electron chi connectivity index (χ2n) is 5.98. The van der Waals surface area contributed by atoms with E-state index in [1.807, 2.05) is 12.1 Å². The largest absolute Gasteiger partial charge is 0.375 e. The minimum atomic E-state index is -0.0854. The van der Waals surface area contributed by atoms with Gasteiger partial charge >= 0.3 is 0 Å². The Kier molecular flexibility index (Phi) is 5.17. The lowest BCUT2D eigenvalue weighted by molar-refractivity contribution is -0.0226. The van der Waals surface area contributed by atoms with Crippen LogP contribution in [0.3, 0.4) is 0 Å². The van der Waals surface area contributed by atoms with Crippen molar-refractivity contribution in [2.24, 2.45) is 7.05 Å². The third kappa shape index (κ3) is 4.15. The van der Waals surface area contributed by atoms with E-state index in [0.29, 0.717) is 17.9 Å². The van der Waals surface area contributed by atoms with Gasteiger partial charge in [0.1, 0.15) is 0 Å². The van der Waals surface area contributed by atoms with Crippen molar-refractivity contribution < 1.29 is 9.53 Å². The lowest BCUT2D eigenvalue weighted by Crippen LogP contribution is -2.41. The standard InChI is InChI=1S/C16H22N6O2/c1-21-9-10-24-14(11-21)7-8-17-16(23)13-5-3-12(4-6-13)15-18-20-22(2)19-15/h3-6,14H,7-11H2,1-2H3,(H,17,23).